The van der Waals surface area contributed by atoms with Crippen LogP contribution in [0.5, 0.6) is 11.5 Å². The zero-order chi connectivity index (χ0) is 13.0. The maximum Gasteiger partial charge on any atom is 0.211 e. The Balaban J connectivity index is 3.22. The van der Waals surface area contributed by atoms with Gasteiger partial charge in [-0.1, -0.05) is 0 Å². The molecule has 0 saturated heterocycles. The fraction of sp³-hybridized carbons (Fsp3) is 0.273. The highest BCUT2D eigenvalue weighted by molar-refractivity contribution is 5.86. The molecule has 0 aromatic heterocycles. The van der Waals surface area contributed by atoms with Crippen LogP contribution >= 0.6 is 0 Å². The molecule has 0 bridgehead atoms. The van der Waals surface area contributed by atoms with Gasteiger partial charge in [0.2, 0.25) is 5.96 Å². The van der Waals surface area contributed by atoms with E-state index >= 15 is 0 Å². The van der Waals surface area contributed by atoms with Crippen molar-refractivity contribution in [3.63, 3.8) is 0 Å². The Hall–Kier alpha value is -2.24. The zero-order valence-electron chi connectivity index (χ0n) is 10.1. The van der Waals surface area contributed by atoms with E-state index in [-0.39, 0.29) is 11.7 Å². The van der Waals surface area contributed by atoms with Crippen molar-refractivity contribution in [2.24, 2.45) is 21.7 Å². The van der Waals surface area contributed by atoms with Crippen LogP contribution in [0.3, 0.4) is 0 Å². The Kier molecular flexibility index (Phi) is 3.92. The van der Waals surface area contributed by atoms with Gasteiger partial charge in [-0.05, 0) is 31.0 Å². The van der Waals surface area contributed by atoms with Gasteiger partial charge in [-0.2, -0.15) is 5.10 Å². The number of hydrogen-bond donors (Lipinski definition) is 3. The number of rotatable bonds is 3. The molecule has 0 spiro atoms. The average molecular weight is 236 g/mol. The quantitative estimate of drug-likeness (QED) is 0.406. The number of aryl methyl sites for hydroxylation is 1. The fourth-order valence-electron chi connectivity index (χ4n) is 1.40. The van der Waals surface area contributed by atoms with E-state index in [1.807, 2.05) is 13.8 Å². The third-order valence-electron chi connectivity index (χ3n) is 2.37. The molecule has 6 nitrogen and oxygen atoms in total. The number of guanidine groups is 1. The lowest BCUT2D eigenvalue weighted by Crippen LogP contribution is -2.21. The minimum absolute atomic E-state index is 0.0187. The van der Waals surface area contributed by atoms with E-state index in [0.29, 0.717) is 11.3 Å². The van der Waals surface area contributed by atoms with Crippen molar-refractivity contribution < 1.29 is 9.84 Å². The summed E-state index contributed by atoms with van der Waals surface area (Å²) in [5.41, 5.74) is 12.6. The summed E-state index contributed by atoms with van der Waals surface area (Å²) < 4.78 is 5.13. The maximum atomic E-state index is 9.93. The van der Waals surface area contributed by atoms with E-state index in [4.69, 9.17) is 16.2 Å². The predicted molar refractivity (Wildman–Crippen MR) is 67.5 cm³/mol. The smallest absolute Gasteiger partial charge is 0.211 e. The molecule has 1 aromatic carbocycles. The minimum Gasteiger partial charge on any atom is -0.504 e. The van der Waals surface area contributed by atoms with E-state index in [1.54, 1.807) is 6.07 Å². The summed E-state index contributed by atoms with van der Waals surface area (Å²) in [5.74, 6) is 0.304. The van der Waals surface area contributed by atoms with Gasteiger partial charge in [0.25, 0.3) is 0 Å². The Morgan fingerprint density at radius 1 is 1.41 bits per heavy atom. The standard InChI is InChI=1S/C11H16N4O2/c1-6-4-8(5-14-15-11(12)13)9(16)10(17-3)7(6)2/h4-5,16H,1-3H3,(H4,12,13,15). The highest BCUT2D eigenvalue weighted by Gasteiger charge is 2.12. The third kappa shape index (κ3) is 2.87. The second-order valence-electron chi connectivity index (χ2n) is 3.56. The van der Waals surface area contributed by atoms with Gasteiger partial charge >= 0.3 is 0 Å². The van der Waals surface area contributed by atoms with Crippen LogP contribution in [0.1, 0.15) is 16.7 Å². The number of hydrogen-bond acceptors (Lipinski definition) is 4. The molecule has 92 valence electrons. The van der Waals surface area contributed by atoms with Crippen molar-refractivity contribution in [3.8, 4) is 11.5 Å². The summed E-state index contributed by atoms with van der Waals surface area (Å²) in [7, 11) is 1.50. The Labute approximate surface area is 99.6 Å². The first-order valence-corrected chi connectivity index (χ1v) is 4.96. The Morgan fingerprint density at radius 2 is 2.06 bits per heavy atom. The topological polar surface area (TPSA) is 106 Å². The van der Waals surface area contributed by atoms with E-state index in [9.17, 15) is 5.11 Å². The maximum absolute atomic E-state index is 9.93. The molecule has 0 atom stereocenters. The number of aromatic hydroxyl groups is 1. The lowest BCUT2D eigenvalue weighted by Gasteiger charge is -2.11. The first kappa shape index (κ1) is 12.8. The molecule has 1 aromatic rings. The van der Waals surface area contributed by atoms with Crippen molar-refractivity contribution in [3.05, 3.63) is 22.8 Å². The minimum atomic E-state index is -0.142. The van der Waals surface area contributed by atoms with Gasteiger partial charge in [0.1, 0.15) is 0 Å². The summed E-state index contributed by atoms with van der Waals surface area (Å²) in [6, 6.07) is 1.78. The van der Waals surface area contributed by atoms with E-state index in [2.05, 4.69) is 10.2 Å². The molecule has 5 N–H and O–H groups in total. The summed E-state index contributed by atoms with van der Waals surface area (Å²) in [5, 5.41) is 17.0. The lowest BCUT2D eigenvalue weighted by molar-refractivity contribution is 0.370. The first-order chi connectivity index (χ1) is 7.97. The van der Waals surface area contributed by atoms with Crippen LogP contribution in [0.2, 0.25) is 0 Å². The number of nitrogens with two attached hydrogens (primary N) is 2. The Morgan fingerprint density at radius 3 is 2.59 bits per heavy atom. The first-order valence-electron chi connectivity index (χ1n) is 4.96. The molecule has 0 saturated carbocycles. The van der Waals surface area contributed by atoms with Crippen LogP contribution in [-0.2, 0) is 0 Å². The van der Waals surface area contributed by atoms with Gasteiger partial charge in [-0.25, -0.2) is 0 Å². The molecule has 6 heteroatoms. The molecule has 0 amide bonds. The fourth-order valence-corrected chi connectivity index (χ4v) is 1.40. The van der Waals surface area contributed by atoms with Crippen LogP contribution < -0.4 is 16.2 Å². The number of ether oxygens (including phenoxy) is 1. The van der Waals surface area contributed by atoms with Gasteiger partial charge in [0, 0.05) is 5.56 Å². The van der Waals surface area contributed by atoms with Crippen molar-refractivity contribution in [2.45, 2.75) is 13.8 Å². The summed E-state index contributed by atoms with van der Waals surface area (Å²) in [6.07, 6.45) is 1.37. The largest absolute Gasteiger partial charge is 0.504 e. The molecule has 1 rings (SSSR count). The summed E-state index contributed by atoms with van der Waals surface area (Å²) >= 11 is 0. The predicted octanol–water partition coefficient (Wildman–Crippen LogP) is 0.625. The van der Waals surface area contributed by atoms with Crippen molar-refractivity contribution >= 4 is 12.2 Å². The van der Waals surface area contributed by atoms with Crippen LogP contribution in [-0.4, -0.2) is 24.4 Å². The molecule has 17 heavy (non-hydrogen) atoms. The summed E-state index contributed by atoms with van der Waals surface area (Å²) in [6.45, 7) is 3.78. The number of nitrogens with zero attached hydrogens (tertiary/aromatic N) is 2. The molecule has 0 aliphatic heterocycles. The molecule has 0 radical (unpaired) electrons. The van der Waals surface area contributed by atoms with Gasteiger partial charge in [0.05, 0.1) is 13.3 Å². The second kappa shape index (κ2) is 5.20. The van der Waals surface area contributed by atoms with Crippen molar-refractivity contribution in [1.29, 1.82) is 0 Å². The molecule has 0 heterocycles. The zero-order valence-corrected chi connectivity index (χ0v) is 10.1. The van der Waals surface area contributed by atoms with E-state index < -0.39 is 0 Å². The van der Waals surface area contributed by atoms with Crippen molar-refractivity contribution in [1.82, 2.24) is 0 Å². The SMILES string of the molecule is COc1c(C)c(C)cc(C=NN=C(N)N)c1O. The monoisotopic (exact) mass is 236 g/mol. The number of benzene rings is 1. The molecule has 0 aliphatic rings. The van der Waals surface area contributed by atoms with E-state index in [0.717, 1.165) is 11.1 Å². The summed E-state index contributed by atoms with van der Waals surface area (Å²) in [4.78, 5) is 0. The van der Waals surface area contributed by atoms with E-state index in [1.165, 1.54) is 13.3 Å². The number of methoxy groups -OCH3 is 1. The third-order valence-corrected chi connectivity index (χ3v) is 2.37. The lowest BCUT2D eigenvalue weighted by atomic mass is 10.0. The van der Waals surface area contributed by atoms with Crippen LogP contribution in [0.4, 0.5) is 0 Å². The molecule has 0 aliphatic carbocycles. The van der Waals surface area contributed by atoms with Gasteiger partial charge in [0.15, 0.2) is 11.5 Å². The van der Waals surface area contributed by atoms with Gasteiger partial charge in [-0.15, -0.1) is 5.10 Å². The second-order valence-corrected chi connectivity index (χ2v) is 3.56. The molecule has 0 unspecified atom stereocenters. The highest BCUT2D eigenvalue weighted by atomic mass is 16.5. The van der Waals surface area contributed by atoms with Gasteiger partial charge < -0.3 is 21.3 Å². The molecular formula is C11H16N4O2. The van der Waals surface area contributed by atoms with Gasteiger partial charge in [-0.3, -0.25) is 0 Å². The van der Waals surface area contributed by atoms with Crippen molar-refractivity contribution in [2.75, 3.05) is 7.11 Å². The Bertz CT molecular complexity index is 477. The highest BCUT2D eigenvalue weighted by Crippen LogP contribution is 2.34. The van der Waals surface area contributed by atoms with Crippen LogP contribution in [0.25, 0.3) is 0 Å². The normalized spacial score (nSPS) is 10.5. The number of phenols is 1. The average Bonchev–Trinajstić information content (AvgIpc) is 2.26. The van der Waals surface area contributed by atoms with Crippen LogP contribution in [0.15, 0.2) is 16.3 Å². The number of phenolic OH excluding ortho intramolecular Hbond substituents is 1. The molecule has 0 fully saturated rings. The molecular weight excluding hydrogens is 220 g/mol. The van der Waals surface area contributed by atoms with Crippen LogP contribution in [0, 0.1) is 13.8 Å².